The summed E-state index contributed by atoms with van der Waals surface area (Å²) in [5.74, 6) is -0.428. The van der Waals surface area contributed by atoms with Crippen molar-refractivity contribution in [2.75, 3.05) is 31.9 Å². The quantitative estimate of drug-likeness (QED) is 0.401. The number of hydrogen-bond acceptors (Lipinski definition) is 5. The first kappa shape index (κ1) is 19.1. The monoisotopic (exact) mass is 307 g/mol. The van der Waals surface area contributed by atoms with Gasteiger partial charge in [0.1, 0.15) is 6.26 Å². The zero-order valence-corrected chi connectivity index (χ0v) is 13.5. The van der Waals surface area contributed by atoms with Crippen LogP contribution in [0.15, 0.2) is 11.8 Å². The summed E-state index contributed by atoms with van der Waals surface area (Å²) in [5, 5.41) is 0. The van der Waals surface area contributed by atoms with E-state index in [0.29, 0.717) is 12.0 Å². The normalized spacial score (nSPS) is 14.7. The van der Waals surface area contributed by atoms with Crippen LogP contribution in [-0.4, -0.2) is 55.4 Å². The van der Waals surface area contributed by atoms with Crippen molar-refractivity contribution in [3.63, 3.8) is 0 Å². The molecule has 0 aromatic heterocycles. The van der Waals surface area contributed by atoms with Crippen LogP contribution in [0.25, 0.3) is 0 Å². The number of carbonyl (C=O) groups excluding carboxylic acids is 1. The molecule has 7 heteroatoms. The second-order valence-electron chi connectivity index (χ2n) is 4.84. The maximum absolute atomic E-state index is 10.4. The molecule has 0 aromatic rings. The lowest BCUT2D eigenvalue weighted by Gasteiger charge is -2.35. The Morgan fingerprint density at radius 3 is 1.85 bits per heavy atom. The smallest absolute Gasteiger partial charge is 0.341 e. The summed E-state index contributed by atoms with van der Waals surface area (Å²) in [7, 11) is -4.03. The van der Waals surface area contributed by atoms with E-state index in [1.807, 2.05) is 0 Å². The first-order valence-electron chi connectivity index (χ1n) is 6.86. The van der Waals surface area contributed by atoms with Gasteiger partial charge in [-0.15, -0.1) is 0 Å². The van der Waals surface area contributed by atoms with Crippen molar-refractivity contribution in [1.29, 1.82) is 0 Å². The largest absolute Gasteiger partial charge is 0.748 e. The maximum Gasteiger partial charge on any atom is 0.341 e. The van der Waals surface area contributed by atoms with Crippen LogP contribution in [-0.2, 0) is 19.6 Å². The van der Waals surface area contributed by atoms with Gasteiger partial charge in [-0.1, -0.05) is 0 Å². The van der Waals surface area contributed by atoms with Crippen molar-refractivity contribution in [3.05, 3.63) is 11.8 Å². The van der Waals surface area contributed by atoms with Gasteiger partial charge in [-0.25, -0.2) is 13.2 Å². The number of hydrogen-bond donors (Lipinski definition) is 0. The Morgan fingerprint density at radius 2 is 1.65 bits per heavy atom. The van der Waals surface area contributed by atoms with Crippen molar-refractivity contribution in [3.8, 4) is 0 Å². The summed E-state index contributed by atoms with van der Waals surface area (Å²) in [6.07, 6.45) is 1.91. The molecule has 1 aliphatic rings. The molecule has 0 aliphatic carbocycles. The van der Waals surface area contributed by atoms with Gasteiger partial charge in [0.15, 0.2) is 0 Å². The summed E-state index contributed by atoms with van der Waals surface area (Å²) in [6.45, 7) is 11.8. The van der Waals surface area contributed by atoms with Crippen LogP contribution < -0.4 is 0 Å². The summed E-state index contributed by atoms with van der Waals surface area (Å²) < 4.78 is 36.4. The van der Waals surface area contributed by atoms with Crippen LogP contribution >= 0.6 is 0 Å². The molecule has 0 saturated carbocycles. The van der Waals surface area contributed by atoms with Crippen LogP contribution in [0.5, 0.6) is 0 Å². The fourth-order valence-corrected chi connectivity index (χ4v) is 2.43. The Hall–Kier alpha value is -0.920. The maximum atomic E-state index is 10.4. The zero-order valence-electron chi connectivity index (χ0n) is 12.7. The van der Waals surface area contributed by atoms with Crippen molar-refractivity contribution in [2.24, 2.45) is 0 Å². The first-order chi connectivity index (χ1) is 9.19. The number of cyclic esters (lactones) is 1. The highest BCUT2D eigenvalue weighted by Gasteiger charge is 2.19. The standard InChI is InChI=1S/C9H21NO3S.C4H4O2/c1-4-10(5-2,6-3)8-7-9-14(11,12)13;1-3-2-6-4(3)5/h4-9H2,1-3H3;2H,1H3. The van der Waals surface area contributed by atoms with Crippen LogP contribution in [0.2, 0.25) is 0 Å². The van der Waals surface area contributed by atoms with Crippen molar-refractivity contribution >= 4 is 16.1 Å². The molecule has 0 amide bonds. The minimum atomic E-state index is -4.03. The van der Waals surface area contributed by atoms with Crippen LogP contribution in [0.1, 0.15) is 34.1 Å². The number of nitrogens with zero attached hydrogens (tertiary/aromatic N) is 1. The zero-order chi connectivity index (χ0) is 15.8. The molecule has 0 bridgehead atoms. The van der Waals surface area contributed by atoms with E-state index in [1.54, 1.807) is 6.92 Å². The molecule has 6 nitrogen and oxygen atoms in total. The lowest BCUT2D eigenvalue weighted by atomic mass is 10.3. The Morgan fingerprint density at radius 1 is 1.20 bits per heavy atom. The fraction of sp³-hybridized carbons (Fsp3) is 0.769. The molecule has 0 atom stereocenters. The molecule has 1 rings (SSSR count). The molecular weight excluding hydrogens is 282 g/mol. The van der Waals surface area contributed by atoms with E-state index in [0.717, 1.165) is 30.7 Å². The van der Waals surface area contributed by atoms with Gasteiger partial charge in [0.2, 0.25) is 0 Å². The van der Waals surface area contributed by atoms with E-state index < -0.39 is 10.1 Å². The molecule has 1 heterocycles. The highest BCUT2D eigenvalue weighted by molar-refractivity contribution is 7.85. The predicted molar refractivity (Wildman–Crippen MR) is 75.8 cm³/mol. The molecule has 0 radical (unpaired) electrons. The van der Waals surface area contributed by atoms with E-state index in [2.05, 4.69) is 25.5 Å². The topological polar surface area (TPSA) is 83.5 Å². The highest BCUT2D eigenvalue weighted by atomic mass is 32.2. The molecule has 20 heavy (non-hydrogen) atoms. The minimum absolute atomic E-state index is 0.199. The second kappa shape index (κ2) is 8.39. The number of esters is 1. The van der Waals surface area contributed by atoms with E-state index >= 15 is 0 Å². The number of quaternary nitrogens is 1. The first-order valence-corrected chi connectivity index (χ1v) is 8.43. The molecule has 0 fully saturated rings. The third kappa shape index (κ3) is 7.02. The number of carbonyl (C=O) groups is 1. The lowest BCUT2D eigenvalue weighted by molar-refractivity contribution is -0.923. The lowest BCUT2D eigenvalue weighted by Crippen LogP contribution is -2.48. The molecular formula is C13H25NO5S. The third-order valence-corrected chi connectivity index (χ3v) is 4.49. The molecule has 0 N–H and O–H groups in total. The van der Waals surface area contributed by atoms with Crippen LogP contribution in [0.3, 0.4) is 0 Å². The van der Waals surface area contributed by atoms with Crippen LogP contribution in [0, 0.1) is 0 Å². The van der Waals surface area contributed by atoms with Crippen LogP contribution in [0.4, 0.5) is 0 Å². The van der Waals surface area contributed by atoms with Gasteiger partial charge >= 0.3 is 5.97 Å². The Bertz CT molecular complexity index is 429. The number of rotatable bonds is 7. The molecule has 0 saturated heterocycles. The SMILES string of the molecule is CC1=COC1=O.CC[N+](CC)(CC)CCCS(=O)(=O)[O-]. The number of ether oxygens (including phenoxy) is 1. The van der Waals surface area contributed by atoms with Crippen molar-refractivity contribution in [1.82, 2.24) is 0 Å². The predicted octanol–water partition coefficient (Wildman–Crippen LogP) is 1.25. The average molecular weight is 307 g/mol. The van der Waals surface area contributed by atoms with Gasteiger partial charge in [0.25, 0.3) is 0 Å². The van der Waals surface area contributed by atoms with Crippen molar-refractivity contribution < 1.29 is 27.0 Å². The summed E-state index contributed by atoms with van der Waals surface area (Å²) in [5.41, 5.74) is 0.704. The average Bonchev–Trinajstić information content (AvgIpc) is 2.41. The van der Waals surface area contributed by atoms with Gasteiger partial charge in [0, 0.05) is 12.2 Å². The Kier molecular flexibility index (Phi) is 8.00. The highest BCUT2D eigenvalue weighted by Crippen LogP contribution is 2.07. The van der Waals surface area contributed by atoms with Gasteiger partial charge in [-0.05, 0) is 27.7 Å². The molecule has 0 unspecified atom stereocenters. The summed E-state index contributed by atoms with van der Waals surface area (Å²) >= 11 is 0. The van der Waals surface area contributed by atoms with Gasteiger partial charge < -0.3 is 13.8 Å². The van der Waals surface area contributed by atoms with E-state index in [9.17, 15) is 17.8 Å². The minimum Gasteiger partial charge on any atom is -0.748 e. The fourth-order valence-electron chi connectivity index (χ4n) is 1.95. The second-order valence-corrected chi connectivity index (χ2v) is 6.36. The van der Waals surface area contributed by atoms with Gasteiger partial charge in [-0.2, -0.15) is 0 Å². The van der Waals surface area contributed by atoms with Crippen molar-refractivity contribution in [2.45, 2.75) is 34.1 Å². The Labute approximate surface area is 121 Å². The molecule has 0 aromatic carbocycles. The molecule has 0 spiro atoms. The summed E-state index contributed by atoms with van der Waals surface area (Å²) in [6, 6.07) is 0. The third-order valence-electron chi connectivity index (χ3n) is 3.70. The van der Waals surface area contributed by atoms with Gasteiger partial charge in [-0.3, -0.25) is 0 Å². The Balaban J connectivity index is 0.000000493. The van der Waals surface area contributed by atoms with E-state index in [-0.39, 0.29) is 11.7 Å². The molecule has 1 aliphatic heterocycles. The van der Waals surface area contributed by atoms with Gasteiger partial charge in [0.05, 0.1) is 41.9 Å². The van der Waals surface area contributed by atoms with E-state index in [1.165, 1.54) is 6.26 Å². The van der Waals surface area contributed by atoms with E-state index in [4.69, 9.17) is 0 Å². The summed E-state index contributed by atoms with van der Waals surface area (Å²) in [4.78, 5) is 9.94. The molecule has 118 valence electrons.